The summed E-state index contributed by atoms with van der Waals surface area (Å²) in [6.45, 7) is 10.4. The molecule has 3 heteroatoms. The lowest BCUT2D eigenvalue weighted by atomic mass is 10.1. The van der Waals surface area contributed by atoms with Gasteiger partial charge in [0.2, 0.25) is 0 Å². The van der Waals surface area contributed by atoms with Crippen LogP contribution in [0.5, 0.6) is 5.75 Å². The molecule has 0 N–H and O–H groups in total. The highest BCUT2D eigenvalue weighted by Crippen LogP contribution is 2.20. The molecule has 108 valence electrons. The van der Waals surface area contributed by atoms with Crippen LogP contribution in [0.2, 0.25) is 32.2 Å². The van der Waals surface area contributed by atoms with Crippen LogP contribution in [0.3, 0.4) is 0 Å². The van der Waals surface area contributed by atoms with Gasteiger partial charge in [0.1, 0.15) is 5.75 Å². The third kappa shape index (κ3) is 4.22. The van der Waals surface area contributed by atoms with Crippen molar-refractivity contribution in [3.8, 4) is 5.75 Å². The Morgan fingerprint density at radius 1 is 0.900 bits per heavy atom. The Labute approximate surface area is 126 Å². The first-order valence-electron chi connectivity index (χ1n) is 7.73. The molecule has 0 aliphatic rings. The van der Waals surface area contributed by atoms with Crippen LogP contribution in [-0.2, 0) is 0 Å². The summed E-state index contributed by atoms with van der Waals surface area (Å²) in [4.78, 5) is 0. The van der Waals surface area contributed by atoms with Gasteiger partial charge in [-0.15, -0.1) is 0 Å². The van der Waals surface area contributed by atoms with Gasteiger partial charge in [-0.1, -0.05) is 61.7 Å². The van der Waals surface area contributed by atoms with Gasteiger partial charge in [0, 0.05) is 8.80 Å². The fourth-order valence-corrected chi connectivity index (χ4v) is 4.35. The van der Waals surface area contributed by atoms with Gasteiger partial charge >= 0.3 is 0 Å². The molecule has 0 aromatic heterocycles. The third-order valence-electron chi connectivity index (χ3n) is 3.70. The van der Waals surface area contributed by atoms with Gasteiger partial charge in [-0.25, -0.2) is 0 Å². The molecule has 20 heavy (non-hydrogen) atoms. The lowest BCUT2D eigenvalue weighted by Gasteiger charge is -2.10. The van der Waals surface area contributed by atoms with Crippen LogP contribution in [0, 0.1) is 0 Å². The second kappa shape index (κ2) is 7.09. The van der Waals surface area contributed by atoms with E-state index in [1.54, 1.807) is 0 Å². The minimum atomic E-state index is -0.709. The largest absolute Gasteiger partial charge is 0.494 e. The summed E-state index contributed by atoms with van der Waals surface area (Å²) in [5.74, 6) is 1.01. The Balaban J connectivity index is 2.04. The highest BCUT2D eigenvalue weighted by atomic mass is 28.3. The molecular weight excluding hydrogens is 276 g/mol. The maximum atomic E-state index is 5.87. The van der Waals surface area contributed by atoms with Crippen molar-refractivity contribution < 1.29 is 4.74 Å². The molecule has 0 atom stereocenters. The zero-order chi connectivity index (χ0) is 14.5. The molecule has 0 amide bonds. The normalized spacial score (nSPS) is 11.5. The maximum absolute atomic E-state index is 5.87. The van der Waals surface area contributed by atoms with Gasteiger partial charge in [0.15, 0.2) is 0 Å². The summed E-state index contributed by atoms with van der Waals surface area (Å²) in [5, 5.41) is 4.16. The van der Waals surface area contributed by atoms with Crippen LogP contribution < -0.4 is 9.92 Å². The molecule has 2 aromatic carbocycles. The van der Waals surface area contributed by atoms with Gasteiger partial charge in [-0.3, -0.25) is 0 Å². The van der Waals surface area contributed by atoms with Crippen molar-refractivity contribution in [3.05, 3.63) is 36.4 Å². The van der Waals surface area contributed by atoms with Gasteiger partial charge < -0.3 is 4.74 Å². The molecule has 1 nitrogen and oxygen atoms in total. The highest BCUT2D eigenvalue weighted by Gasteiger charge is 2.03. The van der Waals surface area contributed by atoms with Crippen LogP contribution in [0.4, 0.5) is 0 Å². The molecule has 0 radical (unpaired) electrons. The number of ether oxygens (including phenoxy) is 1. The monoisotopic (exact) mass is 302 g/mol. The first kappa shape index (κ1) is 15.3. The molecule has 0 saturated carbocycles. The van der Waals surface area contributed by atoms with Gasteiger partial charge in [0.25, 0.3) is 0 Å². The number of hydrogen-bond donors (Lipinski definition) is 0. The summed E-state index contributed by atoms with van der Waals surface area (Å²) in [5.41, 5.74) is 0. The minimum Gasteiger partial charge on any atom is -0.494 e. The van der Waals surface area contributed by atoms with Crippen molar-refractivity contribution in [2.45, 2.75) is 38.7 Å². The average molecular weight is 303 g/mol. The van der Waals surface area contributed by atoms with E-state index in [0.29, 0.717) is 0 Å². The topological polar surface area (TPSA) is 9.23 Å². The van der Waals surface area contributed by atoms with Crippen LogP contribution in [0.25, 0.3) is 10.8 Å². The summed E-state index contributed by atoms with van der Waals surface area (Å²) >= 11 is 0. The number of hydrogen-bond acceptors (Lipinski definition) is 1. The maximum Gasteiger partial charge on any atom is 0.119 e. The molecule has 0 saturated heterocycles. The molecule has 0 aliphatic heterocycles. The molecule has 0 heterocycles. The Hall–Kier alpha value is -1.07. The summed E-state index contributed by atoms with van der Waals surface area (Å²) in [7, 11) is -1.14. The standard InChI is InChI=1S/C17H26OSi2/c1-19(2)11-5-10-18-16-8-6-15-13-17(20(3)4)9-7-14(15)12-16/h6-9,12-13,19-20H,5,10-11H2,1-4H3. The van der Waals surface area contributed by atoms with E-state index in [-0.39, 0.29) is 0 Å². The highest BCUT2D eigenvalue weighted by molar-refractivity contribution is 6.70. The van der Waals surface area contributed by atoms with E-state index in [0.717, 1.165) is 12.4 Å². The summed E-state index contributed by atoms with van der Waals surface area (Å²) in [6, 6.07) is 14.7. The van der Waals surface area contributed by atoms with Crippen molar-refractivity contribution in [1.82, 2.24) is 0 Å². The van der Waals surface area contributed by atoms with E-state index in [4.69, 9.17) is 4.74 Å². The zero-order valence-electron chi connectivity index (χ0n) is 13.1. The SMILES string of the molecule is C[SiH](C)CCCOc1ccc2cc([SiH](C)C)ccc2c1. The zero-order valence-corrected chi connectivity index (χ0v) is 15.5. The van der Waals surface area contributed by atoms with Gasteiger partial charge in [-0.2, -0.15) is 0 Å². The molecule has 0 unspecified atom stereocenters. The molecular formula is C17H26OSi2. The third-order valence-corrected chi connectivity index (χ3v) is 6.95. The second-order valence-corrected chi connectivity index (χ2v) is 12.6. The van der Waals surface area contributed by atoms with E-state index < -0.39 is 17.6 Å². The molecule has 2 aromatic rings. The van der Waals surface area contributed by atoms with Crippen molar-refractivity contribution in [2.24, 2.45) is 0 Å². The predicted molar refractivity (Wildman–Crippen MR) is 96.3 cm³/mol. The summed E-state index contributed by atoms with van der Waals surface area (Å²) < 4.78 is 5.87. The fraction of sp³-hybridized carbons (Fsp3) is 0.412. The van der Waals surface area contributed by atoms with E-state index in [9.17, 15) is 0 Å². The molecule has 0 spiro atoms. The number of rotatable bonds is 6. The quantitative estimate of drug-likeness (QED) is 0.583. The lowest BCUT2D eigenvalue weighted by molar-refractivity contribution is 0.317. The Bertz CT molecular complexity index is 564. The van der Waals surface area contributed by atoms with E-state index in [1.807, 2.05) is 0 Å². The molecule has 0 aliphatic carbocycles. The van der Waals surface area contributed by atoms with Gasteiger partial charge in [0.05, 0.1) is 15.4 Å². The van der Waals surface area contributed by atoms with Crippen molar-refractivity contribution in [1.29, 1.82) is 0 Å². The Morgan fingerprint density at radius 3 is 2.30 bits per heavy atom. The van der Waals surface area contributed by atoms with Crippen LogP contribution in [0.15, 0.2) is 36.4 Å². The molecule has 0 fully saturated rings. The van der Waals surface area contributed by atoms with Crippen LogP contribution >= 0.6 is 0 Å². The van der Waals surface area contributed by atoms with Gasteiger partial charge in [-0.05, 0) is 29.3 Å². The number of benzene rings is 2. The Kier molecular flexibility index (Phi) is 5.43. The van der Waals surface area contributed by atoms with E-state index in [2.05, 4.69) is 62.6 Å². The van der Waals surface area contributed by atoms with E-state index in [1.165, 1.54) is 28.4 Å². The smallest absolute Gasteiger partial charge is 0.119 e. The second-order valence-electron chi connectivity index (χ2n) is 6.31. The lowest BCUT2D eigenvalue weighted by Crippen LogP contribution is -2.21. The number of fused-ring (bicyclic) bond motifs is 1. The average Bonchev–Trinajstić information content (AvgIpc) is 2.42. The minimum absolute atomic E-state index is 0.428. The predicted octanol–water partition coefficient (Wildman–Crippen LogP) is 3.79. The van der Waals surface area contributed by atoms with Crippen LogP contribution in [0.1, 0.15) is 6.42 Å². The first-order chi connectivity index (χ1) is 9.56. The van der Waals surface area contributed by atoms with E-state index >= 15 is 0 Å². The van der Waals surface area contributed by atoms with Crippen molar-refractivity contribution >= 4 is 33.6 Å². The first-order valence-corrected chi connectivity index (χ1v) is 13.7. The molecule has 2 rings (SSSR count). The fourth-order valence-electron chi connectivity index (χ4n) is 2.37. The Morgan fingerprint density at radius 2 is 1.60 bits per heavy atom. The summed E-state index contributed by atoms with van der Waals surface area (Å²) in [6.07, 6.45) is 1.19. The van der Waals surface area contributed by atoms with Crippen molar-refractivity contribution in [3.63, 3.8) is 0 Å². The van der Waals surface area contributed by atoms with Crippen molar-refractivity contribution in [2.75, 3.05) is 6.61 Å². The molecule has 0 bridgehead atoms. The van der Waals surface area contributed by atoms with Crippen LogP contribution in [-0.4, -0.2) is 24.2 Å².